The number of aromatic nitrogens is 1. The Hall–Kier alpha value is -1.90. The Labute approximate surface area is 119 Å². The standard InChI is InChI=1S/C17H21NO2/c1-11(2)17(20)12(3)8-14(19)9-13-10-18-16-7-5-4-6-15(13)16/h4-7,10-12,18H,8-9H2,1-3H3/t12-/m1/s1. The van der Waals surface area contributed by atoms with E-state index in [2.05, 4.69) is 4.98 Å². The van der Waals surface area contributed by atoms with E-state index in [1.54, 1.807) is 0 Å². The highest BCUT2D eigenvalue weighted by atomic mass is 16.1. The molecule has 0 saturated heterocycles. The van der Waals surface area contributed by atoms with Crippen LogP contribution < -0.4 is 0 Å². The van der Waals surface area contributed by atoms with Crippen LogP contribution in [0.3, 0.4) is 0 Å². The number of para-hydroxylation sites is 1. The largest absolute Gasteiger partial charge is 0.361 e. The molecule has 0 fully saturated rings. The predicted molar refractivity (Wildman–Crippen MR) is 80.6 cm³/mol. The zero-order valence-corrected chi connectivity index (χ0v) is 12.3. The molecule has 0 spiro atoms. The maximum atomic E-state index is 12.1. The third-order valence-electron chi connectivity index (χ3n) is 3.65. The molecule has 0 unspecified atom stereocenters. The van der Waals surface area contributed by atoms with Gasteiger partial charge in [0, 0.05) is 41.8 Å². The highest BCUT2D eigenvalue weighted by Gasteiger charge is 2.20. The average Bonchev–Trinajstić information content (AvgIpc) is 2.81. The zero-order chi connectivity index (χ0) is 14.7. The second kappa shape index (κ2) is 6.04. The summed E-state index contributed by atoms with van der Waals surface area (Å²) in [6.07, 6.45) is 2.60. The molecule has 1 aromatic heterocycles. The van der Waals surface area contributed by atoms with Gasteiger partial charge in [0.15, 0.2) is 0 Å². The van der Waals surface area contributed by atoms with E-state index in [0.29, 0.717) is 12.8 Å². The number of hydrogen-bond donors (Lipinski definition) is 1. The monoisotopic (exact) mass is 271 g/mol. The van der Waals surface area contributed by atoms with Gasteiger partial charge in [-0.25, -0.2) is 0 Å². The minimum absolute atomic E-state index is 0.00844. The number of fused-ring (bicyclic) bond motifs is 1. The van der Waals surface area contributed by atoms with Crippen LogP contribution in [0.25, 0.3) is 10.9 Å². The lowest BCUT2D eigenvalue weighted by molar-refractivity contribution is -0.129. The SMILES string of the molecule is CC(C)C(=O)[C@H](C)CC(=O)Cc1c[nH]c2ccccc12. The topological polar surface area (TPSA) is 49.9 Å². The molecule has 0 saturated carbocycles. The summed E-state index contributed by atoms with van der Waals surface area (Å²) in [5, 5.41) is 1.09. The number of carbonyl (C=O) groups excluding carboxylic acids is 2. The summed E-state index contributed by atoms with van der Waals surface area (Å²) in [6, 6.07) is 7.94. The Balaban J connectivity index is 2.03. The summed E-state index contributed by atoms with van der Waals surface area (Å²) in [4.78, 5) is 27.1. The van der Waals surface area contributed by atoms with Gasteiger partial charge in [0.25, 0.3) is 0 Å². The summed E-state index contributed by atoms with van der Waals surface area (Å²) in [6.45, 7) is 5.60. The number of ketones is 2. The van der Waals surface area contributed by atoms with Gasteiger partial charge in [-0.15, -0.1) is 0 Å². The van der Waals surface area contributed by atoms with E-state index in [1.165, 1.54) is 0 Å². The molecule has 0 bridgehead atoms. The Bertz CT molecular complexity index is 625. The van der Waals surface area contributed by atoms with Crippen LogP contribution in [0.4, 0.5) is 0 Å². The third-order valence-corrected chi connectivity index (χ3v) is 3.65. The molecule has 1 atom stereocenters. The highest BCUT2D eigenvalue weighted by molar-refractivity contribution is 5.92. The van der Waals surface area contributed by atoms with E-state index < -0.39 is 0 Å². The van der Waals surface area contributed by atoms with Gasteiger partial charge >= 0.3 is 0 Å². The van der Waals surface area contributed by atoms with Crippen molar-refractivity contribution < 1.29 is 9.59 Å². The molecule has 2 rings (SSSR count). The lowest BCUT2D eigenvalue weighted by Crippen LogP contribution is -2.20. The summed E-state index contributed by atoms with van der Waals surface area (Å²) in [5.74, 6) is 0.0899. The Kier molecular flexibility index (Phi) is 4.38. The van der Waals surface area contributed by atoms with Crippen molar-refractivity contribution in [3.8, 4) is 0 Å². The molecule has 0 aliphatic rings. The van der Waals surface area contributed by atoms with E-state index in [0.717, 1.165) is 16.5 Å². The van der Waals surface area contributed by atoms with Gasteiger partial charge < -0.3 is 4.98 Å². The summed E-state index contributed by atoms with van der Waals surface area (Å²) < 4.78 is 0. The van der Waals surface area contributed by atoms with Crippen LogP contribution in [-0.2, 0) is 16.0 Å². The van der Waals surface area contributed by atoms with Crippen molar-refractivity contribution in [2.75, 3.05) is 0 Å². The molecule has 0 aliphatic carbocycles. The van der Waals surface area contributed by atoms with E-state index in [4.69, 9.17) is 0 Å². The molecule has 0 aliphatic heterocycles. The van der Waals surface area contributed by atoms with Crippen molar-refractivity contribution in [3.63, 3.8) is 0 Å². The molecule has 1 N–H and O–H groups in total. The average molecular weight is 271 g/mol. The van der Waals surface area contributed by atoms with Crippen LogP contribution in [0.5, 0.6) is 0 Å². The highest BCUT2D eigenvalue weighted by Crippen LogP contribution is 2.20. The number of hydrogen-bond acceptors (Lipinski definition) is 2. The quantitative estimate of drug-likeness (QED) is 0.873. The molecular formula is C17H21NO2. The molecule has 1 aromatic carbocycles. The van der Waals surface area contributed by atoms with Crippen molar-refractivity contribution in [2.45, 2.75) is 33.6 Å². The van der Waals surface area contributed by atoms with E-state index in [-0.39, 0.29) is 23.4 Å². The fourth-order valence-corrected chi connectivity index (χ4v) is 2.57. The minimum Gasteiger partial charge on any atom is -0.361 e. The van der Waals surface area contributed by atoms with Crippen molar-refractivity contribution in [3.05, 3.63) is 36.0 Å². The van der Waals surface area contributed by atoms with Gasteiger partial charge in [0.05, 0.1) is 0 Å². The van der Waals surface area contributed by atoms with Crippen LogP contribution in [0.2, 0.25) is 0 Å². The van der Waals surface area contributed by atoms with E-state index in [1.807, 2.05) is 51.2 Å². The van der Waals surface area contributed by atoms with Gasteiger partial charge in [0.1, 0.15) is 11.6 Å². The van der Waals surface area contributed by atoms with Crippen LogP contribution in [0.1, 0.15) is 32.8 Å². The number of benzene rings is 1. The summed E-state index contributed by atoms with van der Waals surface area (Å²) >= 11 is 0. The number of H-pyrrole nitrogens is 1. The smallest absolute Gasteiger partial charge is 0.138 e. The molecule has 1 heterocycles. The van der Waals surface area contributed by atoms with Crippen molar-refractivity contribution >= 4 is 22.5 Å². The van der Waals surface area contributed by atoms with Crippen molar-refractivity contribution in [1.82, 2.24) is 4.98 Å². The van der Waals surface area contributed by atoms with E-state index >= 15 is 0 Å². The van der Waals surface area contributed by atoms with Crippen LogP contribution >= 0.6 is 0 Å². The van der Waals surface area contributed by atoms with Crippen molar-refractivity contribution in [1.29, 1.82) is 0 Å². The van der Waals surface area contributed by atoms with E-state index in [9.17, 15) is 9.59 Å². The Morgan fingerprint density at radius 2 is 1.85 bits per heavy atom. The molecule has 3 nitrogen and oxygen atoms in total. The Morgan fingerprint density at radius 3 is 2.55 bits per heavy atom. The first-order valence-corrected chi connectivity index (χ1v) is 7.09. The second-order valence-electron chi connectivity index (χ2n) is 5.74. The molecular weight excluding hydrogens is 250 g/mol. The van der Waals surface area contributed by atoms with Crippen LogP contribution in [0, 0.1) is 11.8 Å². The predicted octanol–water partition coefficient (Wildman–Crippen LogP) is 3.53. The maximum Gasteiger partial charge on any atom is 0.138 e. The van der Waals surface area contributed by atoms with Crippen LogP contribution in [-0.4, -0.2) is 16.6 Å². The summed E-state index contributed by atoms with van der Waals surface area (Å²) in [7, 11) is 0. The lowest BCUT2D eigenvalue weighted by Gasteiger charge is -2.11. The second-order valence-corrected chi connectivity index (χ2v) is 5.74. The lowest BCUT2D eigenvalue weighted by atomic mass is 9.91. The fourth-order valence-electron chi connectivity index (χ4n) is 2.57. The normalized spacial score (nSPS) is 12.8. The molecule has 3 heteroatoms. The molecule has 2 aromatic rings. The number of aromatic amines is 1. The molecule has 0 amide bonds. The third kappa shape index (κ3) is 3.16. The number of rotatable bonds is 6. The van der Waals surface area contributed by atoms with Gasteiger partial charge in [0.2, 0.25) is 0 Å². The van der Waals surface area contributed by atoms with Gasteiger partial charge in [-0.05, 0) is 11.6 Å². The number of carbonyl (C=O) groups is 2. The first kappa shape index (κ1) is 14.5. The van der Waals surface area contributed by atoms with Crippen molar-refractivity contribution in [2.24, 2.45) is 11.8 Å². The number of Topliss-reactive ketones (excluding diaryl/α,β-unsaturated/α-hetero) is 2. The number of nitrogens with one attached hydrogen (secondary N) is 1. The maximum absolute atomic E-state index is 12.1. The zero-order valence-electron chi connectivity index (χ0n) is 12.3. The first-order valence-electron chi connectivity index (χ1n) is 7.09. The van der Waals surface area contributed by atoms with Crippen LogP contribution in [0.15, 0.2) is 30.5 Å². The summed E-state index contributed by atoms with van der Waals surface area (Å²) in [5.41, 5.74) is 2.05. The van der Waals surface area contributed by atoms with Gasteiger partial charge in [-0.2, -0.15) is 0 Å². The molecule has 106 valence electrons. The molecule has 20 heavy (non-hydrogen) atoms. The Morgan fingerprint density at radius 1 is 1.15 bits per heavy atom. The molecule has 0 radical (unpaired) electrons. The van der Waals surface area contributed by atoms with Gasteiger partial charge in [-0.3, -0.25) is 9.59 Å². The first-order chi connectivity index (χ1) is 9.49. The fraction of sp³-hybridized carbons (Fsp3) is 0.412. The minimum atomic E-state index is -0.187. The van der Waals surface area contributed by atoms with Gasteiger partial charge in [-0.1, -0.05) is 39.0 Å².